The van der Waals surface area contributed by atoms with Crippen molar-refractivity contribution in [1.29, 1.82) is 0 Å². The van der Waals surface area contributed by atoms with Crippen LogP contribution in [0, 0.1) is 0 Å². The van der Waals surface area contributed by atoms with Crippen molar-refractivity contribution in [3.05, 3.63) is 11.8 Å². The summed E-state index contributed by atoms with van der Waals surface area (Å²) >= 11 is 0. The standard InChI is InChI=1S/C7H11N3O2/c1-2-5-3-6(8)9-10(5)4-7(11)12/h3H,2,4H2,1H3,(H2,8,9)(H,11,12). The number of nitrogen functional groups attached to an aromatic ring is 1. The molecule has 0 aromatic carbocycles. The van der Waals surface area contributed by atoms with E-state index in [4.69, 9.17) is 10.8 Å². The quantitative estimate of drug-likeness (QED) is 0.673. The van der Waals surface area contributed by atoms with Gasteiger partial charge < -0.3 is 10.8 Å². The van der Waals surface area contributed by atoms with Crippen molar-refractivity contribution in [3.8, 4) is 0 Å². The van der Waals surface area contributed by atoms with E-state index in [1.54, 1.807) is 6.07 Å². The third-order valence-corrected chi connectivity index (χ3v) is 1.53. The van der Waals surface area contributed by atoms with Crippen LogP contribution in [0.5, 0.6) is 0 Å². The van der Waals surface area contributed by atoms with Gasteiger partial charge in [0.05, 0.1) is 0 Å². The van der Waals surface area contributed by atoms with Gasteiger partial charge in [0.1, 0.15) is 12.4 Å². The van der Waals surface area contributed by atoms with E-state index in [0.29, 0.717) is 5.82 Å². The molecule has 12 heavy (non-hydrogen) atoms. The molecule has 1 heterocycles. The Morgan fingerprint density at radius 3 is 3.00 bits per heavy atom. The molecule has 1 aromatic rings. The molecule has 0 spiro atoms. The average molecular weight is 169 g/mol. The lowest BCUT2D eigenvalue weighted by Gasteiger charge is -1.99. The normalized spacial score (nSPS) is 10.1. The number of carboxylic acid groups (broad SMARTS) is 1. The molecular formula is C7H11N3O2. The maximum atomic E-state index is 10.3. The Kier molecular flexibility index (Phi) is 2.32. The zero-order valence-corrected chi connectivity index (χ0v) is 6.82. The summed E-state index contributed by atoms with van der Waals surface area (Å²) in [6.07, 6.45) is 0.734. The van der Waals surface area contributed by atoms with Gasteiger partial charge in [0.25, 0.3) is 0 Å². The number of hydrogen-bond acceptors (Lipinski definition) is 3. The molecule has 0 aliphatic heterocycles. The second-order valence-electron chi connectivity index (χ2n) is 2.47. The number of aromatic nitrogens is 2. The number of carboxylic acids is 1. The Labute approximate surface area is 69.8 Å². The van der Waals surface area contributed by atoms with Gasteiger partial charge in [0.15, 0.2) is 0 Å². The molecule has 0 unspecified atom stereocenters. The number of aliphatic carboxylic acids is 1. The van der Waals surface area contributed by atoms with Crippen molar-refractivity contribution < 1.29 is 9.90 Å². The summed E-state index contributed by atoms with van der Waals surface area (Å²) in [6.45, 7) is 1.80. The van der Waals surface area contributed by atoms with Gasteiger partial charge in [-0.25, -0.2) is 0 Å². The van der Waals surface area contributed by atoms with Crippen molar-refractivity contribution in [2.24, 2.45) is 0 Å². The summed E-state index contributed by atoms with van der Waals surface area (Å²) < 4.78 is 1.40. The molecule has 5 heteroatoms. The fraction of sp³-hybridized carbons (Fsp3) is 0.429. The van der Waals surface area contributed by atoms with Gasteiger partial charge in [-0.1, -0.05) is 6.92 Å². The van der Waals surface area contributed by atoms with Gasteiger partial charge >= 0.3 is 5.97 Å². The fourth-order valence-electron chi connectivity index (χ4n) is 1.03. The lowest BCUT2D eigenvalue weighted by Crippen LogP contribution is -2.12. The van der Waals surface area contributed by atoms with Crippen molar-refractivity contribution in [1.82, 2.24) is 9.78 Å². The molecule has 1 rings (SSSR count). The first-order chi connectivity index (χ1) is 5.63. The molecule has 0 saturated heterocycles. The summed E-state index contributed by atoms with van der Waals surface area (Å²) in [7, 11) is 0. The Morgan fingerprint density at radius 2 is 2.50 bits per heavy atom. The highest BCUT2D eigenvalue weighted by atomic mass is 16.4. The molecule has 0 aliphatic rings. The highest BCUT2D eigenvalue weighted by molar-refractivity contribution is 5.66. The van der Waals surface area contributed by atoms with Crippen LogP contribution in [0.25, 0.3) is 0 Å². The summed E-state index contributed by atoms with van der Waals surface area (Å²) in [5.74, 6) is -0.541. The molecule has 5 nitrogen and oxygen atoms in total. The monoisotopic (exact) mass is 169 g/mol. The van der Waals surface area contributed by atoms with E-state index in [0.717, 1.165) is 12.1 Å². The predicted octanol–water partition coefficient (Wildman–Crippen LogP) is 0.112. The third kappa shape index (κ3) is 1.75. The van der Waals surface area contributed by atoms with Crippen molar-refractivity contribution in [2.75, 3.05) is 5.73 Å². The lowest BCUT2D eigenvalue weighted by atomic mass is 10.3. The average Bonchev–Trinajstić information content (AvgIpc) is 2.29. The Hall–Kier alpha value is -1.52. The van der Waals surface area contributed by atoms with E-state index in [1.165, 1.54) is 4.68 Å². The van der Waals surface area contributed by atoms with Crippen LogP contribution in [0.15, 0.2) is 6.07 Å². The number of nitrogens with two attached hydrogens (primary N) is 1. The van der Waals surface area contributed by atoms with Crippen LogP contribution >= 0.6 is 0 Å². The number of rotatable bonds is 3. The van der Waals surface area contributed by atoms with Gasteiger partial charge in [-0.2, -0.15) is 5.10 Å². The van der Waals surface area contributed by atoms with Crippen LogP contribution in [0.4, 0.5) is 5.82 Å². The largest absolute Gasteiger partial charge is 0.480 e. The molecular weight excluding hydrogens is 158 g/mol. The number of anilines is 1. The first kappa shape index (κ1) is 8.58. The smallest absolute Gasteiger partial charge is 0.325 e. The maximum absolute atomic E-state index is 10.3. The summed E-state index contributed by atoms with van der Waals surface area (Å²) in [6, 6.07) is 1.68. The van der Waals surface area contributed by atoms with E-state index in [-0.39, 0.29) is 6.54 Å². The van der Waals surface area contributed by atoms with Gasteiger partial charge in [-0.3, -0.25) is 9.48 Å². The van der Waals surface area contributed by atoms with Gasteiger partial charge in [-0.05, 0) is 6.42 Å². The topological polar surface area (TPSA) is 81.1 Å². The number of nitrogens with zero attached hydrogens (tertiary/aromatic N) is 2. The van der Waals surface area contributed by atoms with Gasteiger partial charge in [0.2, 0.25) is 0 Å². The third-order valence-electron chi connectivity index (χ3n) is 1.53. The molecule has 0 fully saturated rings. The summed E-state index contributed by atoms with van der Waals surface area (Å²) in [5.41, 5.74) is 6.25. The zero-order chi connectivity index (χ0) is 9.14. The minimum Gasteiger partial charge on any atom is -0.480 e. The van der Waals surface area contributed by atoms with Gasteiger partial charge in [-0.15, -0.1) is 0 Å². The van der Waals surface area contributed by atoms with Crippen LogP contribution in [-0.2, 0) is 17.8 Å². The van der Waals surface area contributed by atoms with Crippen molar-refractivity contribution >= 4 is 11.8 Å². The molecule has 0 bridgehead atoms. The summed E-state index contributed by atoms with van der Waals surface area (Å²) in [5, 5.41) is 12.3. The summed E-state index contributed by atoms with van der Waals surface area (Å²) in [4.78, 5) is 10.3. The fourth-order valence-corrected chi connectivity index (χ4v) is 1.03. The van der Waals surface area contributed by atoms with Crippen LogP contribution in [0.3, 0.4) is 0 Å². The first-order valence-corrected chi connectivity index (χ1v) is 3.67. The lowest BCUT2D eigenvalue weighted by molar-refractivity contribution is -0.137. The first-order valence-electron chi connectivity index (χ1n) is 3.67. The Balaban J connectivity index is 2.89. The SMILES string of the molecule is CCc1cc(N)nn1CC(=O)O. The molecule has 66 valence electrons. The highest BCUT2D eigenvalue weighted by Crippen LogP contribution is 2.06. The van der Waals surface area contributed by atoms with Crippen molar-refractivity contribution in [2.45, 2.75) is 19.9 Å². The van der Waals surface area contributed by atoms with Crippen molar-refractivity contribution in [3.63, 3.8) is 0 Å². The maximum Gasteiger partial charge on any atom is 0.325 e. The van der Waals surface area contributed by atoms with Crippen LogP contribution in [0.1, 0.15) is 12.6 Å². The molecule has 0 aliphatic carbocycles. The second-order valence-corrected chi connectivity index (χ2v) is 2.47. The van der Waals surface area contributed by atoms with Gasteiger partial charge in [0, 0.05) is 11.8 Å². The molecule has 0 saturated carbocycles. The van der Waals surface area contributed by atoms with E-state index in [9.17, 15) is 4.79 Å². The zero-order valence-electron chi connectivity index (χ0n) is 6.82. The van der Waals surface area contributed by atoms with Crippen LogP contribution in [-0.4, -0.2) is 20.9 Å². The molecule has 1 aromatic heterocycles. The number of aryl methyl sites for hydroxylation is 1. The van der Waals surface area contributed by atoms with E-state index >= 15 is 0 Å². The minimum atomic E-state index is -0.909. The van der Waals surface area contributed by atoms with Crippen LogP contribution < -0.4 is 5.73 Å². The molecule has 0 amide bonds. The Morgan fingerprint density at radius 1 is 1.83 bits per heavy atom. The highest BCUT2D eigenvalue weighted by Gasteiger charge is 2.06. The second kappa shape index (κ2) is 3.25. The molecule has 3 N–H and O–H groups in total. The molecule has 0 atom stereocenters. The molecule has 0 radical (unpaired) electrons. The number of carbonyl (C=O) groups is 1. The minimum absolute atomic E-state index is 0.125. The van der Waals surface area contributed by atoms with E-state index in [1.807, 2.05) is 6.92 Å². The van der Waals surface area contributed by atoms with Crippen LogP contribution in [0.2, 0.25) is 0 Å². The number of hydrogen-bond donors (Lipinski definition) is 2. The Bertz CT molecular complexity index is 293. The van der Waals surface area contributed by atoms with E-state index in [2.05, 4.69) is 5.10 Å². The van der Waals surface area contributed by atoms with E-state index < -0.39 is 5.97 Å². The predicted molar refractivity (Wildman–Crippen MR) is 43.7 cm³/mol.